The lowest BCUT2D eigenvalue weighted by atomic mass is 9.90. The zero-order chi connectivity index (χ0) is 19.7. The van der Waals surface area contributed by atoms with Gasteiger partial charge in [0.25, 0.3) is 5.91 Å². The Hall–Kier alpha value is -3.05. The molecule has 3 aromatic rings. The van der Waals surface area contributed by atoms with Crippen molar-refractivity contribution in [3.8, 4) is 5.75 Å². The lowest BCUT2D eigenvalue weighted by molar-refractivity contribution is -0.131. The summed E-state index contributed by atoms with van der Waals surface area (Å²) in [5.74, 6) is 0.226. The molecule has 0 saturated carbocycles. The normalized spacial score (nSPS) is 19.1. The van der Waals surface area contributed by atoms with Gasteiger partial charge in [-0.25, -0.2) is 4.79 Å². The molecule has 1 aliphatic heterocycles. The molecule has 5 nitrogen and oxygen atoms in total. The van der Waals surface area contributed by atoms with E-state index in [2.05, 4.69) is 5.32 Å². The minimum absolute atomic E-state index is 0.138. The zero-order valence-corrected chi connectivity index (χ0v) is 16.1. The molecule has 3 amide bonds. The Morgan fingerprint density at radius 2 is 1.71 bits per heavy atom. The van der Waals surface area contributed by atoms with E-state index in [9.17, 15) is 9.59 Å². The average molecular weight is 395 g/mol. The van der Waals surface area contributed by atoms with Crippen molar-refractivity contribution in [1.29, 1.82) is 0 Å². The first kappa shape index (κ1) is 18.3. The third-order valence-corrected chi connectivity index (χ3v) is 5.32. The molecule has 0 radical (unpaired) electrons. The van der Waals surface area contributed by atoms with E-state index in [-0.39, 0.29) is 19.1 Å². The van der Waals surface area contributed by atoms with Crippen LogP contribution in [0.3, 0.4) is 0 Å². The van der Waals surface area contributed by atoms with Crippen molar-refractivity contribution in [1.82, 2.24) is 10.2 Å². The molecule has 0 spiro atoms. The molecule has 0 aromatic heterocycles. The number of para-hydroxylation sites is 1. The fraction of sp³-hybridized carbons (Fsp3) is 0.182. The number of nitrogens with one attached hydrogen (secondary N) is 1. The largest absolute Gasteiger partial charge is 0.490 e. The smallest absolute Gasteiger partial charge is 0.325 e. The van der Waals surface area contributed by atoms with Crippen molar-refractivity contribution in [3.05, 3.63) is 77.3 Å². The Bertz CT molecular complexity index is 1070. The molecule has 0 aliphatic carbocycles. The van der Waals surface area contributed by atoms with Crippen LogP contribution < -0.4 is 10.1 Å². The van der Waals surface area contributed by atoms with E-state index >= 15 is 0 Å². The molecule has 1 saturated heterocycles. The summed E-state index contributed by atoms with van der Waals surface area (Å²) in [6.07, 6.45) is 0. The van der Waals surface area contributed by atoms with Crippen molar-refractivity contribution in [2.24, 2.45) is 0 Å². The number of nitrogens with zero attached hydrogens (tertiary/aromatic N) is 1. The van der Waals surface area contributed by atoms with Crippen molar-refractivity contribution in [2.45, 2.75) is 12.5 Å². The second-order valence-electron chi connectivity index (χ2n) is 6.85. The van der Waals surface area contributed by atoms with Gasteiger partial charge in [0.2, 0.25) is 0 Å². The van der Waals surface area contributed by atoms with Crippen LogP contribution >= 0.6 is 11.6 Å². The number of benzene rings is 3. The quantitative estimate of drug-likeness (QED) is 0.655. The summed E-state index contributed by atoms with van der Waals surface area (Å²) in [6, 6.07) is 20.3. The first-order valence-electron chi connectivity index (χ1n) is 9.00. The lowest BCUT2D eigenvalue weighted by Crippen LogP contribution is -2.41. The van der Waals surface area contributed by atoms with Crippen LogP contribution in [-0.4, -0.2) is 30.0 Å². The molecule has 1 unspecified atom stereocenters. The van der Waals surface area contributed by atoms with E-state index in [0.717, 1.165) is 16.3 Å². The van der Waals surface area contributed by atoms with Gasteiger partial charge in [-0.3, -0.25) is 9.69 Å². The second-order valence-corrected chi connectivity index (χ2v) is 7.26. The highest BCUT2D eigenvalue weighted by molar-refractivity contribution is 6.32. The van der Waals surface area contributed by atoms with Gasteiger partial charge in [-0.05, 0) is 41.5 Å². The lowest BCUT2D eigenvalue weighted by Gasteiger charge is -2.22. The Morgan fingerprint density at radius 1 is 1.00 bits per heavy atom. The number of ether oxygens (including phenoxy) is 1. The average Bonchev–Trinajstić information content (AvgIpc) is 2.93. The predicted molar refractivity (Wildman–Crippen MR) is 108 cm³/mol. The van der Waals surface area contributed by atoms with E-state index in [1.54, 1.807) is 19.1 Å². The highest BCUT2D eigenvalue weighted by atomic mass is 35.5. The molecule has 3 aromatic carbocycles. The SMILES string of the molecule is CC1(c2ccc3ccccc3c2)NC(=O)N(CCOc2ccccc2Cl)C1=O. The highest BCUT2D eigenvalue weighted by Crippen LogP contribution is 2.31. The summed E-state index contributed by atoms with van der Waals surface area (Å²) in [5.41, 5.74) is -0.357. The van der Waals surface area contributed by atoms with Gasteiger partial charge in [0.1, 0.15) is 17.9 Å². The number of carbonyl (C=O) groups excluding carboxylic acids is 2. The number of hydrogen-bond acceptors (Lipinski definition) is 3. The van der Waals surface area contributed by atoms with Crippen molar-refractivity contribution >= 4 is 34.3 Å². The summed E-state index contributed by atoms with van der Waals surface area (Å²) in [5, 5.41) is 5.41. The summed E-state index contributed by atoms with van der Waals surface area (Å²) < 4.78 is 5.62. The highest BCUT2D eigenvalue weighted by Gasteiger charge is 2.48. The molecule has 1 heterocycles. The Labute approximate surface area is 167 Å². The van der Waals surface area contributed by atoms with Crippen LogP contribution in [-0.2, 0) is 10.3 Å². The predicted octanol–water partition coefficient (Wildman–Crippen LogP) is 4.34. The molecule has 1 atom stereocenters. The van der Waals surface area contributed by atoms with E-state index in [4.69, 9.17) is 16.3 Å². The van der Waals surface area contributed by atoms with Gasteiger partial charge in [-0.15, -0.1) is 0 Å². The van der Waals surface area contributed by atoms with E-state index in [1.807, 2.05) is 54.6 Å². The van der Waals surface area contributed by atoms with Crippen LogP contribution in [0.2, 0.25) is 5.02 Å². The van der Waals surface area contributed by atoms with Gasteiger partial charge in [-0.2, -0.15) is 0 Å². The number of imide groups is 1. The van der Waals surface area contributed by atoms with Gasteiger partial charge >= 0.3 is 6.03 Å². The standard InChI is InChI=1S/C22H19ClN2O3/c1-22(17-11-10-15-6-2-3-7-16(15)14-17)20(26)25(21(27)24-22)12-13-28-19-9-5-4-8-18(19)23/h2-11,14H,12-13H2,1H3,(H,24,27). The fourth-order valence-corrected chi connectivity index (χ4v) is 3.59. The van der Waals surface area contributed by atoms with Gasteiger partial charge in [-0.1, -0.05) is 60.1 Å². The topological polar surface area (TPSA) is 58.6 Å². The summed E-state index contributed by atoms with van der Waals surface area (Å²) >= 11 is 6.07. The minimum Gasteiger partial charge on any atom is -0.490 e. The van der Waals surface area contributed by atoms with E-state index in [1.165, 1.54) is 4.90 Å². The van der Waals surface area contributed by atoms with Crippen LogP contribution in [0.25, 0.3) is 10.8 Å². The van der Waals surface area contributed by atoms with Crippen molar-refractivity contribution in [3.63, 3.8) is 0 Å². The number of amides is 3. The number of halogens is 1. The van der Waals surface area contributed by atoms with E-state index < -0.39 is 11.6 Å². The van der Waals surface area contributed by atoms with Crippen LogP contribution in [0.1, 0.15) is 12.5 Å². The molecule has 28 heavy (non-hydrogen) atoms. The molecule has 4 rings (SSSR count). The first-order chi connectivity index (χ1) is 13.5. The van der Waals surface area contributed by atoms with Crippen LogP contribution in [0.15, 0.2) is 66.7 Å². The molecule has 1 aliphatic rings. The number of rotatable bonds is 5. The molecule has 1 N–H and O–H groups in total. The van der Waals surface area contributed by atoms with Crippen LogP contribution in [0.5, 0.6) is 5.75 Å². The van der Waals surface area contributed by atoms with Crippen molar-refractivity contribution in [2.75, 3.05) is 13.2 Å². The maximum atomic E-state index is 13.0. The Balaban J connectivity index is 1.51. The van der Waals surface area contributed by atoms with Crippen molar-refractivity contribution < 1.29 is 14.3 Å². The maximum Gasteiger partial charge on any atom is 0.325 e. The van der Waals surface area contributed by atoms with Crippen LogP contribution in [0.4, 0.5) is 4.79 Å². The summed E-state index contributed by atoms with van der Waals surface area (Å²) in [4.78, 5) is 26.7. The zero-order valence-electron chi connectivity index (χ0n) is 15.3. The third kappa shape index (κ3) is 3.18. The maximum absolute atomic E-state index is 13.0. The number of hydrogen-bond donors (Lipinski definition) is 1. The summed E-state index contributed by atoms with van der Waals surface area (Å²) in [7, 11) is 0. The fourth-order valence-electron chi connectivity index (χ4n) is 3.40. The van der Waals surface area contributed by atoms with Gasteiger partial charge < -0.3 is 10.1 Å². The number of carbonyl (C=O) groups is 2. The molecular formula is C22H19ClN2O3. The Kier molecular flexibility index (Phi) is 4.69. The van der Waals surface area contributed by atoms with Gasteiger partial charge in [0.05, 0.1) is 11.6 Å². The van der Waals surface area contributed by atoms with E-state index in [0.29, 0.717) is 10.8 Å². The monoisotopic (exact) mass is 394 g/mol. The Morgan fingerprint density at radius 3 is 2.50 bits per heavy atom. The number of urea groups is 1. The third-order valence-electron chi connectivity index (χ3n) is 5.01. The first-order valence-corrected chi connectivity index (χ1v) is 9.37. The summed E-state index contributed by atoms with van der Waals surface area (Å²) in [6.45, 7) is 2.03. The molecule has 1 fully saturated rings. The van der Waals surface area contributed by atoms with Crippen LogP contribution in [0, 0.1) is 0 Å². The number of fused-ring (bicyclic) bond motifs is 1. The minimum atomic E-state index is -1.11. The van der Waals surface area contributed by atoms with Gasteiger partial charge in [0, 0.05) is 0 Å². The molecule has 6 heteroatoms. The molecular weight excluding hydrogens is 376 g/mol. The molecule has 0 bridgehead atoms. The molecule has 142 valence electrons. The van der Waals surface area contributed by atoms with Gasteiger partial charge in [0.15, 0.2) is 0 Å². The second kappa shape index (κ2) is 7.17.